The summed E-state index contributed by atoms with van der Waals surface area (Å²) in [6.07, 6.45) is 6.40. The van der Waals surface area contributed by atoms with Gasteiger partial charge in [-0.3, -0.25) is 5.43 Å². The number of hydrogen-bond donors (Lipinski definition) is 1. The zero-order chi connectivity index (χ0) is 19.0. The lowest BCUT2D eigenvalue weighted by atomic mass is 9.69. The zero-order valence-electron chi connectivity index (χ0n) is 16.4. The van der Waals surface area contributed by atoms with E-state index in [1.165, 1.54) is 33.5 Å². The van der Waals surface area contributed by atoms with Crippen LogP contribution in [0.3, 0.4) is 0 Å². The van der Waals surface area contributed by atoms with Crippen molar-refractivity contribution in [2.45, 2.75) is 53.4 Å². The number of rotatable bonds is 5. The summed E-state index contributed by atoms with van der Waals surface area (Å²) >= 11 is 3.53. The van der Waals surface area contributed by atoms with Crippen molar-refractivity contribution in [3.8, 4) is 0 Å². The van der Waals surface area contributed by atoms with Crippen molar-refractivity contribution in [2.24, 2.45) is 16.4 Å². The molecule has 0 bridgehead atoms. The van der Waals surface area contributed by atoms with Crippen molar-refractivity contribution >= 4 is 44.4 Å². The highest BCUT2D eigenvalue weighted by atomic mass is 32.1. The van der Waals surface area contributed by atoms with Crippen LogP contribution in [0.5, 0.6) is 0 Å². The van der Waals surface area contributed by atoms with Gasteiger partial charge in [-0.2, -0.15) is 5.10 Å². The maximum Gasteiger partial charge on any atom is 0.158 e. The predicted molar refractivity (Wildman–Crippen MR) is 117 cm³/mol. The van der Waals surface area contributed by atoms with Crippen LogP contribution in [0.4, 0.5) is 5.82 Å². The molecular formula is C21H26N4S2. The van der Waals surface area contributed by atoms with Crippen LogP contribution in [-0.2, 0) is 12.8 Å². The molecule has 142 valence electrons. The van der Waals surface area contributed by atoms with Gasteiger partial charge in [0.25, 0.3) is 0 Å². The Bertz CT molecular complexity index is 970. The molecule has 0 aromatic carbocycles. The summed E-state index contributed by atoms with van der Waals surface area (Å²) in [4.78, 5) is 12.8. The first-order chi connectivity index (χ1) is 13.0. The molecule has 3 aromatic rings. The number of nitrogens with one attached hydrogen (secondary N) is 1. The summed E-state index contributed by atoms with van der Waals surface area (Å²) in [6.45, 7) is 9.14. The fourth-order valence-electron chi connectivity index (χ4n) is 3.82. The molecule has 6 heteroatoms. The highest BCUT2D eigenvalue weighted by Crippen LogP contribution is 2.45. The number of hydrazone groups is 1. The van der Waals surface area contributed by atoms with E-state index in [2.05, 4.69) is 52.7 Å². The molecule has 0 spiro atoms. The maximum atomic E-state index is 4.59. The molecule has 0 fully saturated rings. The lowest BCUT2D eigenvalue weighted by Gasteiger charge is -2.36. The second-order valence-electron chi connectivity index (χ2n) is 7.97. The first kappa shape index (κ1) is 18.6. The van der Waals surface area contributed by atoms with Gasteiger partial charge in [-0.15, -0.1) is 22.7 Å². The molecule has 4 nitrogen and oxygen atoms in total. The summed E-state index contributed by atoms with van der Waals surface area (Å²) in [5.41, 5.74) is 6.02. The van der Waals surface area contributed by atoms with Crippen LogP contribution in [0.2, 0.25) is 0 Å². The molecule has 1 atom stereocenters. The minimum atomic E-state index is 0.364. The van der Waals surface area contributed by atoms with Crippen LogP contribution < -0.4 is 5.43 Å². The van der Waals surface area contributed by atoms with Crippen LogP contribution in [0, 0.1) is 11.3 Å². The Hall–Kier alpha value is -1.79. The quantitative estimate of drug-likeness (QED) is 0.415. The van der Waals surface area contributed by atoms with Crippen LogP contribution in [0.1, 0.15) is 55.9 Å². The molecule has 0 saturated heterocycles. The summed E-state index contributed by atoms with van der Waals surface area (Å²) in [5.74, 6) is 1.54. The molecule has 3 aromatic heterocycles. The monoisotopic (exact) mass is 398 g/mol. The first-order valence-electron chi connectivity index (χ1n) is 9.59. The third-order valence-corrected chi connectivity index (χ3v) is 8.24. The van der Waals surface area contributed by atoms with Crippen molar-refractivity contribution in [3.05, 3.63) is 39.2 Å². The van der Waals surface area contributed by atoms with Gasteiger partial charge in [0.2, 0.25) is 0 Å². The summed E-state index contributed by atoms with van der Waals surface area (Å²) in [7, 11) is 0. The van der Waals surface area contributed by atoms with Crippen molar-refractivity contribution in [1.29, 1.82) is 0 Å². The average molecular weight is 399 g/mol. The lowest BCUT2D eigenvalue weighted by molar-refractivity contribution is 0.184. The van der Waals surface area contributed by atoms with Gasteiger partial charge >= 0.3 is 0 Å². The van der Waals surface area contributed by atoms with Crippen molar-refractivity contribution < 1.29 is 0 Å². The van der Waals surface area contributed by atoms with Crippen molar-refractivity contribution in [2.75, 3.05) is 5.43 Å². The average Bonchev–Trinajstić information content (AvgIpc) is 3.33. The van der Waals surface area contributed by atoms with Crippen LogP contribution in [0.15, 0.2) is 28.9 Å². The summed E-state index contributed by atoms with van der Waals surface area (Å²) < 4.78 is 0. The molecule has 1 aliphatic carbocycles. The lowest BCUT2D eigenvalue weighted by Crippen LogP contribution is -2.28. The van der Waals surface area contributed by atoms with E-state index in [0.29, 0.717) is 11.3 Å². The molecule has 0 aliphatic heterocycles. The van der Waals surface area contributed by atoms with E-state index in [0.717, 1.165) is 29.2 Å². The van der Waals surface area contributed by atoms with Gasteiger partial charge in [-0.05, 0) is 54.5 Å². The topological polar surface area (TPSA) is 50.2 Å². The summed E-state index contributed by atoms with van der Waals surface area (Å²) in [6, 6.07) is 4.14. The van der Waals surface area contributed by atoms with Gasteiger partial charge < -0.3 is 0 Å². The molecule has 1 aliphatic rings. The van der Waals surface area contributed by atoms with E-state index in [4.69, 9.17) is 0 Å². The number of nitrogens with zero attached hydrogens (tertiary/aromatic N) is 3. The number of hydrogen-bond acceptors (Lipinski definition) is 6. The van der Waals surface area contributed by atoms with E-state index in [1.807, 2.05) is 24.3 Å². The largest absolute Gasteiger partial charge is 0.260 e. The molecule has 1 N–H and O–H groups in total. The molecule has 27 heavy (non-hydrogen) atoms. The smallest absolute Gasteiger partial charge is 0.158 e. The maximum absolute atomic E-state index is 4.59. The highest BCUT2D eigenvalue weighted by Gasteiger charge is 2.33. The van der Waals surface area contributed by atoms with Gasteiger partial charge in [0.05, 0.1) is 11.1 Å². The van der Waals surface area contributed by atoms with Crippen molar-refractivity contribution in [1.82, 2.24) is 9.97 Å². The third-order valence-electron chi connectivity index (χ3n) is 6.06. The number of fused-ring (bicyclic) bond motifs is 3. The summed E-state index contributed by atoms with van der Waals surface area (Å²) in [5, 5.41) is 7.84. The van der Waals surface area contributed by atoms with E-state index in [9.17, 15) is 0 Å². The number of aryl methyl sites for hydroxylation is 1. The Kier molecular flexibility index (Phi) is 5.03. The Morgan fingerprint density at radius 3 is 2.96 bits per heavy atom. The molecule has 0 amide bonds. The Morgan fingerprint density at radius 2 is 2.22 bits per heavy atom. The molecule has 3 heterocycles. The van der Waals surface area contributed by atoms with Gasteiger partial charge in [-0.25, -0.2) is 9.97 Å². The van der Waals surface area contributed by atoms with Gasteiger partial charge in [0.1, 0.15) is 11.2 Å². The van der Waals surface area contributed by atoms with E-state index in [-0.39, 0.29) is 0 Å². The molecule has 4 rings (SSSR count). The minimum absolute atomic E-state index is 0.364. The normalized spacial score (nSPS) is 17.9. The molecule has 0 radical (unpaired) electrons. The highest BCUT2D eigenvalue weighted by molar-refractivity contribution is 7.19. The van der Waals surface area contributed by atoms with Gasteiger partial charge in [0, 0.05) is 9.75 Å². The van der Waals surface area contributed by atoms with Crippen LogP contribution in [-0.4, -0.2) is 15.7 Å². The van der Waals surface area contributed by atoms with Crippen LogP contribution in [0.25, 0.3) is 10.2 Å². The predicted octanol–water partition coefficient (Wildman–Crippen LogP) is 6.13. The first-order valence-corrected chi connectivity index (χ1v) is 11.3. The Balaban J connectivity index is 1.69. The van der Waals surface area contributed by atoms with E-state index >= 15 is 0 Å². The third kappa shape index (κ3) is 3.52. The number of aromatic nitrogens is 2. The van der Waals surface area contributed by atoms with Crippen molar-refractivity contribution in [3.63, 3.8) is 0 Å². The Morgan fingerprint density at radius 1 is 1.37 bits per heavy atom. The second-order valence-corrected chi connectivity index (χ2v) is 10.0. The van der Waals surface area contributed by atoms with E-state index in [1.54, 1.807) is 17.7 Å². The zero-order valence-corrected chi connectivity index (χ0v) is 18.0. The van der Waals surface area contributed by atoms with Gasteiger partial charge in [0.15, 0.2) is 5.82 Å². The fourth-order valence-corrected chi connectivity index (χ4v) is 5.69. The van der Waals surface area contributed by atoms with Crippen LogP contribution >= 0.6 is 22.7 Å². The minimum Gasteiger partial charge on any atom is -0.260 e. The number of anilines is 1. The molecular weight excluding hydrogens is 372 g/mol. The standard InChI is InChI=1S/C21H26N4S2/c1-5-21(3,4)14-8-9-17-15(11-14)18-19(22-12-23-20(18)27-17)25-24-13(2)16-7-6-10-26-16/h6-7,10,12,14H,5,8-9,11H2,1-4H3,(H,22,23,25)/b24-13+. The molecule has 0 saturated carbocycles. The number of thiophene rings is 2. The fraction of sp³-hybridized carbons (Fsp3) is 0.476. The Labute approximate surface area is 168 Å². The van der Waals surface area contributed by atoms with E-state index < -0.39 is 0 Å². The SMILES string of the molecule is CCC(C)(C)C1CCc2sc3ncnc(N/N=C(\C)c4cccs4)c3c2C1. The second kappa shape index (κ2) is 7.32. The molecule has 1 unspecified atom stereocenters. The van der Waals surface area contributed by atoms with Gasteiger partial charge in [-0.1, -0.05) is 33.3 Å².